The van der Waals surface area contributed by atoms with Gasteiger partial charge in [0.2, 0.25) is 10.0 Å². The molecule has 0 aliphatic carbocycles. The molecule has 1 fully saturated rings. The number of ether oxygens (including phenoxy) is 2. The van der Waals surface area contributed by atoms with E-state index in [9.17, 15) is 8.42 Å². The van der Waals surface area contributed by atoms with Crippen LogP contribution in [0.15, 0.2) is 76.2 Å². The van der Waals surface area contributed by atoms with Gasteiger partial charge >= 0.3 is 0 Å². The molecule has 3 aromatic rings. The van der Waals surface area contributed by atoms with E-state index in [1.165, 1.54) is 17.8 Å². The van der Waals surface area contributed by atoms with Gasteiger partial charge in [0.05, 0.1) is 17.2 Å². The van der Waals surface area contributed by atoms with E-state index in [1.54, 1.807) is 12.3 Å². The van der Waals surface area contributed by atoms with Crippen LogP contribution in [0, 0.1) is 0 Å². The minimum atomic E-state index is -3.74. The minimum Gasteiger partial charge on any atom is -0.486 e. The molecule has 2 aromatic carbocycles. The van der Waals surface area contributed by atoms with Crippen molar-refractivity contribution >= 4 is 15.7 Å². The molecule has 9 heteroatoms. The van der Waals surface area contributed by atoms with Crippen LogP contribution in [0.5, 0.6) is 11.5 Å². The number of hydrogen-bond donors (Lipinski definition) is 1. The lowest BCUT2D eigenvalue weighted by Gasteiger charge is -2.39. The molecule has 5 rings (SSSR count). The first-order valence-electron chi connectivity index (χ1n) is 11.1. The highest BCUT2D eigenvalue weighted by molar-refractivity contribution is 7.89. The van der Waals surface area contributed by atoms with Gasteiger partial charge in [-0.05, 0) is 36.4 Å². The molecular formula is C24H27N3O5S. The lowest BCUT2D eigenvalue weighted by molar-refractivity contribution is 0.166. The molecule has 0 amide bonds. The first kappa shape index (κ1) is 21.8. The third kappa shape index (κ3) is 4.85. The monoisotopic (exact) mass is 469 g/mol. The van der Waals surface area contributed by atoms with E-state index in [0.717, 1.165) is 31.9 Å². The van der Waals surface area contributed by atoms with Gasteiger partial charge in [0, 0.05) is 44.5 Å². The van der Waals surface area contributed by atoms with Crippen LogP contribution < -0.4 is 19.1 Å². The number of para-hydroxylation sites is 1. The van der Waals surface area contributed by atoms with E-state index in [0.29, 0.717) is 24.7 Å². The van der Waals surface area contributed by atoms with Crippen molar-refractivity contribution in [2.75, 3.05) is 50.8 Å². The average Bonchev–Trinajstić information content (AvgIpc) is 3.39. The van der Waals surface area contributed by atoms with Crippen molar-refractivity contribution < 1.29 is 22.3 Å². The Hall–Kier alpha value is -3.01. The topological polar surface area (TPSA) is 84.3 Å². The number of benzene rings is 2. The molecule has 0 unspecified atom stereocenters. The summed E-state index contributed by atoms with van der Waals surface area (Å²) in [5.41, 5.74) is 1.20. The average molecular weight is 470 g/mol. The van der Waals surface area contributed by atoms with Crippen molar-refractivity contribution in [3.05, 3.63) is 72.7 Å². The predicted octanol–water partition coefficient (Wildman–Crippen LogP) is 2.89. The summed E-state index contributed by atoms with van der Waals surface area (Å²) < 4.78 is 45.6. The van der Waals surface area contributed by atoms with E-state index < -0.39 is 10.0 Å². The van der Waals surface area contributed by atoms with E-state index in [4.69, 9.17) is 13.9 Å². The molecular weight excluding hydrogens is 442 g/mol. The molecule has 1 aromatic heterocycles. The number of fused-ring (bicyclic) bond motifs is 1. The zero-order valence-electron chi connectivity index (χ0n) is 18.2. The number of hydrogen-bond acceptors (Lipinski definition) is 7. The molecule has 0 saturated carbocycles. The second kappa shape index (κ2) is 9.46. The van der Waals surface area contributed by atoms with Crippen molar-refractivity contribution in [3.63, 3.8) is 0 Å². The predicted molar refractivity (Wildman–Crippen MR) is 124 cm³/mol. The molecule has 3 heterocycles. The van der Waals surface area contributed by atoms with E-state index in [2.05, 4.69) is 26.7 Å². The quantitative estimate of drug-likeness (QED) is 0.570. The van der Waals surface area contributed by atoms with E-state index in [1.807, 2.05) is 30.3 Å². The Morgan fingerprint density at radius 1 is 0.879 bits per heavy atom. The summed E-state index contributed by atoms with van der Waals surface area (Å²) in [5.74, 6) is 1.75. The van der Waals surface area contributed by atoms with Gasteiger partial charge in [-0.3, -0.25) is 4.90 Å². The molecule has 2 aliphatic heterocycles. The molecule has 0 bridgehead atoms. The molecule has 2 aliphatic rings. The van der Waals surface area contributed by atoms with Crippen LogP contribution in [0.2, 0.25) is 0 Å². The number of furan rings is 1. The maximum atomic E-state index is 13.0. The second-order valence-corrected chi connectivity index (χ2v) is 9.81. The van der Waals surface area contributed by atoms with Gasteiger partial charge < -0.3 is 18.8 Å². The van der Waals surface area contributed by atoms with Crippen molar-refractivity contribution in [1.29, 1.82) is 0 Å². The standard InChI is InChI=1S/C24H27N3O5S/c28-33(29,20-8-9-23-24(17-20)32-16-15-31-23)25-18-21(22-7-4-14-30-22)27-12-10-26(11-13-27)19-5-2-1-3-6-19/h1-9,14,17,21,25H,10-13,15-16,18H2/t21-/m0/s1. The lowest BCUT2D eigenvalue weighted by atomic mass is 10.1. The third-order valence-electron chi connectivity index (χ3n) is 6.04. The molecule has 174 valence electrons. The van der Waals surface area contributed by atoms with E-state index in [-0.39, 0.29) is 17.5 Å². The Morgan fingerprint density at radius 2 is 1.64 bits per heavy atom. The van der Waals surface area contributed by atoms with Crippen LogP contribution in [0.4, 0.5) is 5.69 Å². The molecule has 33 heavy (non-hydrogen) atoms. The number of sulfonamides is 1. The van der Waals surface area contributed by atoms with Crippen LogP contribution in [0.3, 0.4) is 0 Å². The van der Waals surface area contributed by atoms with Crippen LogP contribution in [-0.2, 0) is 10.0 Å². The summed E-state index contributed by atoms with van der Waals surface area (Å²) in [7, 11) is -3.74. The Morgan fingerprint density at radius 3 is 2.36 bits per heavy atom. The van der Waals surface area contributed by atoms with Crippen molar-refractivity contribution in [2.24, 2.45) is 0 Å². The van der Waals surface area contributed by atoms with Crippen LogP contribution >= 0.6 is 0 Å². The summed E-state index contributed by atoms with van der Waals surface area (Å²) in [6, 6.07) is 18.5. The summed E-state index contributed by atoms with van der Waals surface area (Å²) in [5, 5.41) is 0. The SMILES string of the molecule is O=S(=O)(NC[C@@H](c1ccco1)N1CCN(c2ccccc2)CC1)c1ccc2c(c1)OCCO2. The maximum Gasteiger partial charge on any atom is 0.240 e. The molecule has 0 spiro atoms. The molecule has 1 saturated heterocycles. The molecule has 1 N–H and O–H groups in total. The number of anilines is 1. The van der Waals surface area contributed by atoms with Gasteiger partial charge in [0.25, 0.3) is 0 Å². The minimum absolute atomic E-state index is 0.152. The summed E-state index contributed by atoms with van der Waals surface area (Å²) >= 11 is 0. The highest BCUT2D eigenvalue weighted by Gasteiger charge is 2.29. The normalized spacial score (nSPS) is 17.6. The first-order valence-corrected chi connectivity index (χ1v) is 12.6. The van der Waals surface area contributed by atoms with Gasteiger partial charge in [-0.1, -0.05) is 18.2 Å². The van der Waals surface area contributed by atoms with Gasteiger partial charge in [0.15, 0.2) is 11.5 Å². The van der Waals surface area contributed by atoms with Crippen LogP contribution in [-0.4, -0.2) is 59.3 Å². The Kier molecular flexibility index (Phi) is 6.26. The second-order valence-electron chi connectivity index (χ2n) is 8.05. The highest BCUT2D eigenvalue weighted by atomic mass is 32.2. The summed E-state index contributed by atoms with van der Waals surface area (Å²) in [6.45, 7) is 4.37. The maximum absolute atomic E-state index is 13.0. The smallest absolute Gasteiger partial charge is 0.240 e. The number of nitrogens with zero attached hydrogens (tertiary/aromatic N) is 2. The molecule has 0 radical (unpaired) electrons. The van der Waals surface area contributed by atoms with Crippen molar-refractivity contribution in [3.8, 4) is 11.5 Å². The summed E-state index contributed by atoms with van der Waals surface area (Å²) in [6.07, 6.45) is 1.62. The fourth-order valence-corrected chi connectivity index (χ4v) is 5.34. The van der Waals surface area contributed by atoms with Crippen LogP contribution in [0.1, 0.15) is 11.8 Å². The third-order valence-corrected chi connectivity index (χ3v) is 7.46. The molecule has 8 nitrogen and oxygen atoms in total. The highest BCUT2D eigenvalue weighted by Crippen LogP contribution is 2.32. The zero-order chi connectivity index (χ0) is 22.7. The van der Waals surface area contributed by atoms with Crippen LogP contribution in [0.25, 0.3) is 0 Å². The Bertz CT molecular complexity index is 1160. The Balaban J connectivity index is 1.28. The fraction of sp³-hybridized carbons (Fsp3) is 0.333. The lowest BCUT2D eigenvalue weighted by Crippen LogP contribution is -2.49. The van der Waals surface area contributed by atoms with E-state index >= 15 is 0 Å². The van der Waals surface area contributed by atoms with Gasteiger partial charge in [-0.2, -0.15) is 0 Å². The van der Waals surface area contributed by atoms with Crippen molar-refractivity contribution in [1.82, 2.24) is 9.62 Å². The zero-order valence-corrected chi connectivity index (χ0v) is 19.0. The number of piperazine rings is 1. The first-order chi connectivity index (χ1) is 16.1. The summed E-state index contributed by atoms with van der Waals surface area (Å²) in [4.78, 5) is 4.76. The Labute approximate surface area is 193 Å². The molecule has 1 atom stereocenters. The number of rotatable bonds is 7. The fourth-order valence-electron chi connectivity index (χ4n) is 4.28. The largest absolute Gasteiger partial charge is 0.486 e. The van der Waals surface area contributed by atoms with Gasteiger partial charge in [-0.25, -0.2) is 13.1 Å². The van der Waals surface area contributed by atoms with Crippen molar-refractivity contribution in [2.45, 2.75) is 10.9 Å². The number of nitrogens with one attached hydrogen (secondary N) is 1. The van der Waals surface area contributed by atoms with Gasteiger partial charge in [0.1, 0.15) is 19.0 Å². The van der Waals surface area contributed by atoms with Gasteiger partial charge in [-0.15, -0.1) is 0 Å².